The van der Waals surface area contributed by atoms with Gasteiger partial charge in [-0.2, -0.15) is 0 Å². The summed E-state index contributed by atoms with van der Waals surface area (Å²) in [5.74, 6) is 0.203. The highest BCUT2D eigenvalue weighted by Gasteiger charge is 2.11. The molecule has 118 valence electrons. The second-order valence-corrected chi connectivity index (χ2v) is 5.60. The van der Waals surface area contributed by atoms with Crippen LogP contribution in [0.4, 0.5) is 5.69 Å². The highest BCUT2D eigenvalue weighted by molar-refractivity contribution is 5.96. The van der Waals surface area contributed by atoms with Crippen molar-refractivity contribution in [3.05, 3.63) is 64.7 Å². The van der Waals surface area contributed by atoms with Gasteiger partial charge in [0.15, 0.2) is 0 Å². The predicted molar refractivity (Wildman–Crippen MR) is 94.8 cm³/mol. The molecule has 0 aromatic heterocycles. The van der Waals surface area contributed by atoms with Gasteiger partial charge in [-0.15, -0.1) is 12.4 Å². The molecule has 0 fully saturated rings. The van der Waals surface area contributed by atoms with Crippen LogP contribution < -0.4 is 11.1 Å². The highest BCUT2D eigenvalue weighted by Crippen LogP contribution is 2.16. The molecule has 3 nitrogen and oxygen atoms in total. The molecular formula is C18H23ClN2O. The molecule has 4 heteroatoms. The van der Waals surface area contributed by atoms with Crippen molar-refractivity contribution in [2.75, 3.05) is 12.3 Å². The Balaban J connectivity index is 0.00000242. The van der Waals surface area contributed by atoms with Crippen molar-refractivity contribution in [2.24, 2.45) is 0 Å². The Hall–Kier alpha value is -2.00. The number of amides is 1. The lowest BCUT2D eigenvalue weighted by Gasteiger charge is -2.14. The van der Waals surface area contributed by atoms with E-state index in [2.05, 4.69) is 43.4 Å². The van der Waals surface area contributed by atoms with Crippen LogP contribution >= 0.6 is 12.4 Å². The van der Waals surface area contributed by atoms with Crippen molar-refractivity contribution in [3.8, 4) is 0 Å². The maximum Gasteiger partial charge on any atom is 0.251 e. The van der Waals surface area contributed by atoms with Crippen LogP contribution in [0, 0.1) is 13.8 Å². The number of hydrogen-bond donors (Lipinski definition) is 2. The largest absolute Gasteiger partial charge is 0.399 e. The van der Waals surface area contributed by atoms with E-state index in [0.717, 1.165) is 5.56 Å². The lowest BCUT2D eigenvalue weighted by molar-refractivity contribution is 0.0951. The van der Waals surface area contributed by atoms with E-state index in [1.807, 2.05) is 13.0 Å². The second-order valence-electron chi connectivity index (χ2n) is 5.60. The van der Waals surface area contributed by atoms with E-state index in [0.29, 0.717) is 17.8 Å². The molecule has 0 spiro atoms. The topological polar surface area (TPSA) is 55.1 Å². The van der Waals surface area contributed by atoms with Crippen molar-refractivity contribution in [2.45, 2.75) is 26.7 Å². The molecule has 0 saturated heterocycles. The Bertz CT molecular complexity index is 638. The maximum absolute atomic E-state index is 12.2. The normalized spacial score (nSPS) is 11.4. The van der Waals surface area contributed by atoms with Gasteiger partial charge in [0.05, 0.1) is 0 Å². The zero-order chi connectivity index (χ0) is 15.4. The van der Waals surface area contributed by atoms with E-state index >= 15 is 0 Å². The fraction of sp³-hybridized carbons (Fsp3) is 0.278. The van der Waals surface area contributed by atoms with E-state index in [4.69, 9.17) is 5.73 Å². The molecule has 2 rings (SSSR count). The first-order valence-corrected chi connectivity index (χ1v) is 7.18. The Labute approximate surface area is 138 Å². The molecule has 0 bridgehead atoms. The third kappa shape index (κ3) is 4.50. The molecule has 0 heterocycles. The number of anilines is 1. The Morgan fingerprint density at radius 3 is 2.41 bits per heavy atom. The lowest BCUT2D eigenvalue weighted by atomic mass is 9.99. The van der Waals surface area contributed by atoms with Gasteiger partial charge in [-0.25, -0.2) is 0 Å². The molecule has 1 atom stereocenters. The van der Waals surface area contributed by atoms with Gasteiger partial charge in [0.25, 0.3) is 5.91 Å². The average Bonchev–Trinajstić information content (AvgIpc) is 2.47. The summed E-state index contributed by atoms with van der Waals surface area (Å²) in [7, 11) is 0. The fourth-order valence-corrected chi connectivity index (χ4v) is 2.24. The zero-order valence-corrected chi connectivity index (χ0v) is 14.0. The van der Waals surface area contributed by atoms with Crippen LogP contribution in [0.1, 0.15) is 39.9 Å². The minimum Gasteiger partial charge on any atom is -0.399 e. The molecule has 2 aromatic rings. The van der Waals surface area contributed by atoms with Crippen molar-refractivity contribution in [1.82, 2.24) is 5.32 Å². The van der Waals surface area contributed by atoms with Gasteiger partial charge in [0.2, 0.25) is 0 Å². The van der Waals surface area contributed by atoms with Gasteiger partial charge in [-0.3, -0.25) is 4.79 Å². The van der Waals surface area contributed by atoms with Crippen molar-refractivity contribution < 1.29 is 4.79 Å². The molecule has 0 saturated carbocycles. The van der Waals surface area contributed by atoms with E-state index in [1.54, 1.807) is 12.1 Å². The third-order valence-electron chi connectivity index (χ3n) is 3.72. The van der Waals surface area contributed by atoms with E-state index in [-0.39, 0.29) is 24.2 Å². The Morgan fingerprint density at radius 2 is 1.77 bits per heavy atom. The number of nitrogen functional groups attached to an aromatic ring is 1. The molecule has 22 heavy (non-hydrogen) atoms. The maximum atomic E-state index is 12.2. The van der Waals surface area contributed by atoms with Gasteiger partial charge in [0, 0.05) is 17.8 Å². The summed E-state index contributed by atoms with van der Waals surface area (Å²) in [6.45, 7) is 6.70. The van der Waals surface area contributed by atoms with Gasteiger partial charge in [-0.05, 0) is 43.0 Å². The molecule has 3 N–H and O–H groups in total. The molecule has 1 amide bonds. The van der Waals surface area contributed by atoms with Crippen LogP contribution in [-0.4, -0.2) is 12.5 Å². The van der Waals surface area contributed by atoms with Gasteiger partial charge >= 0.3 is 0 Å². The summed E-state index contributed by atoms with van der Waals surface area (Å²) in [5, 5.41) is 2.99. The lowest BCUT2D eigenvalue weighted by Crippen LogP contribution is -2.28. The standard InChI is InChI=1S/C18H22N2O.ClH/c1-12-4-7-15(8-5-12)14(3)11-20-18(21)17-10-16(19)9-6-13(17)2;/h4-10,14H,11,19H2,1-3H3,(H,20,21);1H. The molecule has 0 aliphatic heterocycles. The average molecular weight is 319 g/mol. The number of halogens is 1. The summed E-state index contributed by atoms with van der Waals surface area (Å²) in [6, 6.07) is 13.8. The molecule has 2 aromatic carbocycles. The van der Waals surface area contributed by atoms with Crippen LogP contribution in [-0.2, 0) is 0 Å². The third-order valence-corrected chi connectivity index (χ3v) is 3.72. The van der Waals surface area contributed by atoms with Gasteiger partial charge in [-0.1, -0.05) is 42.8 Å². The molecular weight excluding hydrogens is 296 g/mol. The Kier molecular flexibility index (Phi) is 6.44. The van der Waals surface area contributed by atoms with E-state index < -0.39 is 0 Å². The van der Waals surface area contributed by atoms with Gasteiger partial charge in [0.1, 0.15) is 0 Å². The number of nitrogens with two attached hydrogens (primary N) is 1. The number of aryl methyl sites for hydroxylation is 2. The van der Waals surface area contributed by atoms with E-state index in [1.165, 1.54) is 11.1 Å². The van der Waals surface area contributed by atoms with Crippen molar-refractivity contribution in [3.63, 3.8) is 0 Å². The van der Waals surface area contributed by atoms with Crippen LogP contribution in [0.25, 0.3) is 0 Å². The summed E-state index contributed by atoms with van der Waals surface area (Å²) >= 11 is 0. The number of carbonyl (C=O) groups excluding carboxylic acids is 1. The number of benzene rings is 2. The number of hydrogen-bond acceptors (Lipinski definition) is 2. The minimum absolute atomic E-state index is 0. The minimum atomic E-state index is -0.0706. The first-order chi connectivity index (χ1) is 9.97. The first kappa shape index (κ1) is 18.1. The van der Waals surface area contributed by atoms with Crippen molar-refractivity contribution in [1.29, 1.82) is 0 Å². The van der Waals surface area contributed by atoms with Crippen LogP contribution in [0.15, 0.2) is 42.5 Å². The molecule has 0 aliphatic rings. The Morgan fingerprint density at radius 1 is 1.14 bits per heavy atom. The zero-order valence-electron chi connectivity index (χ0n) is 13.2. The first-order valence-electron chi connectivity index (χ1n) is 7.18. The van der Waals surface area contributed by atoms with Crippen LogP contribution in [0.2, 0.25) is 0 Å². The van der Waals surface area contributed by atoms with E-state index in [9.17, 15) is 4.79 Å². The predicted octanol–water partition coefficient (Wildman–Crippen LogP) is 3.84. The summed E-state index contributed by atoms with van der Waals surface area (Å²) < 4.78 is 0. The molecule has 0 radical (unpaired) electrons. The fourth-order valence-electron chi connectivity index (χ4n) is 2.24. The quantitative estimate of drug-likeness (QED) is 0.841. The molecule has 0 aliphatic carbocycles. The smallest absolute Gasteiger partial charge is 0.251 e. The highest BCUT2D eigenvalue weighted by atomic mass is 35.5. The SMILES string of the molecule is Cc1ccc(C(C)CNC(=O)c2cc(N)ccc2C)cc1.Cl. The number of nitrogens with one attached hydrogen (secondary N) is 1. The molecule has 1 unspecified atom stereocenters. The summed E-state index contributed by atoms with van der Waals surface area (Å²) in [4.78, 5) is 12.2. The van der Waals surface area contributed by atoms with Crippen molar-refractivity contribution >= 4 is 24.0 Å². The second kappa shape index (κ2) is 7.85. The monoisotopic (exact) mass is 318 g/mol. The van der Waals surface area contributed by atoms with Gasteiger partial charge < -0.3 is 11.1 Å². The van der Waals surface area contributed by atoms with Crippen LogP contribution in [0.5, 0.6) is 0 Å². The summed E-state index contributed by atoms with van der Waals surface area (Å²) in [5.41, 5.74) is 10.4. The summed E-state index contributed by atoms with van der Waals surface area (Å²) in [6.07, 6.45) is 0. The number of carbonyl (C=O) groups is 1. The van der Waals surface area contributed by atoms with Crippen LogP contribution in [0.3, 0.4) is 0 Å². The number of rotatable bonds is 4.